The Balaban J connectivity index is 1.90. The number of benzene rings is 1. The first kappa shape index (κ1) is 12.5. The van der Waals surface area contributed by atoms with E-state index in [-0.39, 0.29) is 11.9 Å². The maximum absolute atomic E-state index is 10.9. The summed E-state index contributed by atoms with van der Waals surface area (Å²) in [4.78, 5) is 12.3. The summed E-state index contributed by atoms with van der Waals surface area (Å²) in [5, 5.41) is 18.1. The Morgan fingerprint density at radius 3 is 2.61 bits per heavy atom. The summed E-state index contributed by atoms with van der Waals surface area (Å²) in [6.07, 6.45) is 1.55. The highest BCUT2D eigenvalue weighted by Crippen LogP contribution is 2.21. The van der Waals surface area contributed by atoms with E-state index in [1.807, 2.05) is 0 Å². The van der Waals surface area contributed by atoms with Gasteiger partial charge in [0.1, 0.15) is 17.6 Å². The van der Waals surface area contributed by atoms with Crippen LogP contribution < -0.4 is 4.74 Å². The van der Waals surface area contributed by atoms with Crippen LogP contribution in [-0.4, -0.2) is 40.4 Å². The summed E-state index contributed by atoms with van der Waals surface area (Å²) < 4.78 is 5.79. The number of hydrogen-bond donors (Lipinski definition) is 2. The largest absolute Gasteiger partial charge is 0.508 e. The van der Waals surface area contributed by atoms with E-state index in [9.17, 15) is 9.90 Å². The number of likely N-dealkylation sites (tertiary alicyclic amines) is 1. The summed E-state index contributed by atoms with van der Waals surface area (Å²) >= 11 is 0. The van der Waals surface area contributed by atoms with Crippen LogP contribution in [0.2, 0.25) is 0 Å². The van der Waals surface area contributed by atoms with Crippen molar-refractivity contribution in [1.82, 2.24) is 4.90 Å². The van der Waals surface area contributed by atoms with Gasteiger partial charge in [0.2, 0.25) is 0 Å². The molecule has 0 saturated carbocycles. The minimum absolute atomic E-state index is 0.0406. The molecule has 1 amide bonds. The molecule has 1 aromatic carbocycles. The van der Waals surface area contributed by atoms with E-state index in [0.29, 0.717) is 25.3 Å². The van der Waals surface area contributed by atoms with Crippen LogP contribution in [0.1, 0.15) is 19.3 Å². The van der Waals surface area contributed by atoms with Crippen LogP contribution >= 0.6 is 0 Å². The lowest BCUT2D eigenvalue weighted by molar-refractivity contribution is 0.142. The van der Waals surface area contributed by atoms with Crippen molar-refractivity contribution in [3.05, 3.63) is 24.3 Å². The second-order valence-electron chi connectivity index (χ2n) is 4.43. The van der Waals surface area contributed by atoms with Crippen molar-refractivity contribution in [2.75, 3.05) is 13.1 Å². The summed E-state index contributed by atoms with van der Waals surface area (Å²) in [6.45, 7) is 1.09. The predicted octanol–water partition coefficient (Wildman–Crippen LogP) is 2.30. The van der Waals surface area contributed by atoms with Crippen molar-refractivity contribution < 1.29 is 19.7 Å². The summed E-state index contributed by atoms with van der Waals surface area (Å²) in [5.74, 6) is 0.918. The monoisotopic (exact) mass is 251 g/mol. The van der Waals surface area contributed by atoms with Crippen molar-refractivity contribution in [2.24, 2.45) is 0 Å². The Bertz CT molecular complexity index is 404. The van der Waals surface area contributed by atoms with Crippen molar-refractivity contribution >= 4 is 6.09 Å². The molecule has 1 unspecified atom stereocenters. The molecule has 1 aliphatic heterocycles. The van der Waals surface area contributed by atoms with Crippen LogP contribution in [0.3, 0.4) is 0 Å². The number of hydrogen-bond acceptors (Lipinski definition) is 3. The van der Waals surface area contributed by atoms with Crippen molar-refractivity contribution in [3.8, 4) is 11.5 Å². The van der Waals surface area contributed by atoms with Crippen LogP contribution in [0.15, 0.2) is 24.3 Å². The number of nitrogens with zero attached hydrogens (tertiary/aromatic N) is 1. The Morgan fingerprint density at radius 2 is 1.94 bits per heavy atom. The van der Waals surface area contributed by atoms with Gasteiger partial charge in [0.05, 0.1) is 0 Å². The Morgan fingerprint density at radius 1 is 1.22 bits per heavy atom. The first-order valence-electron chi connectivity index (χ1n) is 6.09. The van der Waals surface area contributed by atoms with Crippen LogP contribution in [0.25, 0.3) is 0 Å². The smallest absolute Gasteiger partial charge is 0.407 e. The number of ether oxygens (including phenoxy) is 1. The van der Waals surface area contributed by atoms with E-state index in [4.69, 9.17) is 9.84 Å². The SMILES string of the molecule is O=C(O)N1CCCC(Oc2ccc(O)cc2)CC1. The number of amides is 1. The summed E-state index contributed by atoms with van der Waals surface area (Å²) in [6, 6.07) is 6.59. The molecular weight excluding hydrogens is 234 g/mol. The van der Waals surface area contributed by atoms with E-state index in [1.165, 1.54) is 4.90 Å². The van der Waals surface area contributed by atoms with Gasteiger partial charge in [-0.15, -0.1) is 0 Å². The molecule has 98 valence electrons. The van der Waals surface area contributed by atoms with E-state index < -0.39 is 6.09 Å². The Kier molecular flexibility index (Phi) is 3.92. The second kappa shape index (κ2) is 5.62. The first-order valence-corrected chi connectivity index (χ1v) is 6.09. The number of carboxylic acid groups (broad SMARTS) is 1. The molecule has 0 spiro atoms. The van der Waals surface area contributed by atoms with E-state index >= 15 is 0 Å². The van der Waals surface area contributed by atoms with Gasteiger partial charge in [-0.3, -0.25) is 0 Å². The highest BCUT2D eigenvalue weighted by atomic mass is 16.5. The van der Waals surface area contributed by atoms with Gasteiger partial charge in [0, 0.05) is 19.5 Å². The third-order valence-corrected chi connectivity index (χ3v) is 3.09. The minimum Gasteiger partial charge on any atom is -0.508 e. The molecule has 0 radical (unpaired) electrons. The molecular formula is C13H17NO4. The van der Waals surface area contributed by atoms with Crippen molar-refractivity contribution in [3.63, 3.8) is 0 Å². The highest BCUT2D eigenvalue weighted by Gasteiger charge is 2.20. The normalized spacial score (nSPS) is 20.2. The lowest BCUT2D eigenvalue weighted by Crippen LogP contribution is -2.30. The molecule has 1 atom stereocenters. The summed E-state index contributed by atoms with van der Waals surface area (Å²) in [7, 11) is 0. The maximum atomic E-state index is 10.9. The second-order valence-corrected chi connectivity index (χ2v) is 4.43. The molecule has 2 rings (SSSR count). The minimum atomic E-state index is -0.861. The van der Waals surface area contributed by atoms with Crippen LogP contribution in [0.5, 0.6) is 11.5 Å². The maximum Gasteiger partial charge on any atom is 0.407 e. The highest BCUT2D eigenvalue weighted by molar-refractivity contribution is 5.64. The van der Waals surface area contributed by atoms with Crippen LogP contribution in [-0.2, 0) is 0 Å². The van der Waals surface area contributed by atoms with Gasteiger partial charge in [-0.25, -0.2) is 4.79 Å². The van der Waals surface area contributed by atoms with Gasteiger partial charge in [-0.1, -0.05) is 0 Å². The molecule has 1 heterocycles. The molecule has 1 saturated heterocycles. The number of phenols is 1. The third kappa shape index (κ3) is 3.29. The van der Waals surface area contributed by atoms with Crippen LogP contribution in [0, 0.1) is 0 Å². The molecule has 0 aliphatic carbocycles. The van der Waals surface area contributed by atoms with Crippen molar-refractivity contribution in [2.45, 2.75) is 25.4 Å². The average molecular weight is 251 g/mol. The molecule has 1 aromatic rings. The fraction of sp³-hybridized carbons (Fsp3) is 0.462. The fourth-order valence-electron chi connectivity index (χ4n) is 2.09. The third-order valence-electron chi connectivity index (χ3n) is 3.09. The molecule has 5 nitrogen and oxygen atoms in total. The first-order chi connectivity index (χ1) is 8.65. The topological polar surface area (TPSA) is 70.0 Å². The number of aromatic hydroxyl groups is 1. The van der Waals surface area contributed by atoms with E-state index in [1.54, 1.807) is 24.3 Å². The molecule has 18 heavy (non-hydrogen) atoms. The van der Waals surface area contributed by atoms with Gasteiger partial charge in [-0.2, -0.15) is 0 Å². The average Bonchev–Trinajstić information content (AvgIpc) is 2.58. The predicted molar refractivity (Wildman–Crippen MR) is 66.0 cm³/mol. The zero-order valence-corrected chi connectivity index (χ0v) is 10.1. The molecule has 0 aromatic heterocycles. The van der Waals surface area contributed by atoms with E-state index in [2.05, 4.69) is 0 Å². The number of carbonyl (C=O) groups is 1. The van der Waals surface area contributed by atoms with Gasteiger partial charge in [0.15, 0.2) is 0 Å². The molecule has 1 fully saturated rings. The Hall–Kier alpha value is -1.91. The molecule has 1 aliphatic rings. The number of phenolic OH excluding ortho intramolecular Hbond substituents is 1. The quantitative estimate of drug-likeness (QED) is 0.846. The summed E-state index contributed by atoms with van der Waals surface area (Å²) in [5.41, 5.74) is 0. The Labute approximate surface area is 106 Å². The van der Waals surface area contributed by atoms with E-state index in [0.717, 1.165) is 12.8 Å². The van der Waals surface area contributed by atoms with Crippen LogP contribution in [0.4, 0.5) is 4.79 Å². The number of rotatable bonds is 2. The molecule has 2 N–H and O–H groups in total. The van der Waals surface area contributed by atoms with Gasteiger partial charge in [0.25, 0.3) is 0 Å². The van der Waals surface area contributed by atoms with Gasteiger partial charge in [-0.05, 0) is 37.1 Å². The fourth-order valence-corrected chi connectivity index (χ4v) is 2.09. The lowest BCUT2D eigenvalue weighted by atomic mass is 10.1. The molecule has 0 bridgehead atoms. The zero-order chi connectivity index (χ0) is 13.0. The van der Waals surface area contributed by atoms with Gasteiger partial charge < -0.3 is 19.8 Å². The van der Waals surface area contributed by atoms with Gasteiger partial charge >= 0.3 is 6.09 Å². The zero-order valence-electron chi connectivity index (χ0n) is 10.1. The van der Waals surface area contributed by atoms with Crippen molar-refractivity contribution in [1.29, 1.82) is 0 Å². The standard InChI is InChI=1S/C13H17NO4/c15-10-3-5-12(6-4-10)18-11-2-1-8-14(9-7-11)13(16)17/h3-6,11,15H,1-2,7-9H2,(H,16,17). The lowest BCUT2D eigenvalue weighted by Gasteiger charge is -2.18. The molecule has 5 heteroatoms.